The normalized spacial score (nSPS) is 15.0. The van der Waals surface area contributed by atoms with Crippen molar-refractivity contribution in [2.24, 2.45) is 0 Å². The summed E-state index contributed by atoms with van der Waals surface area (Å²) >= 11 is 6.18. The van der Waals surface area contributed by atoms with Crippen molar-refractivity contribution >= 4 is 22.6 Å². The number of fused-ring (bicyclic) bond motifs is 2. The number of imidazole rings is 1. The largest absolute Gasteiger partial charge is 0.342 e. The quantitative estimate of drug-likeness (QED) is 0.707. The van der Waals surface area contributed by atoms with Crippen molar-refractivity contribution < 1.29 is 0 Å². The number of nitrogens with one attached hydrogen (secondary N) is 1. The summed E-state index contributed by atoms with van der Waals surface area (Å²) in [5.74, 6) is 1.50. The third-order valence-corrected chi connectivity index (χ3v) is 4.22. The summed E-state index contributed by atoms with van der Waals surface area (Å²) in [6.45, 7) is 0. The van der Waals surface area contributed by atoms with Gasteiger partial charge in [0, 0.05) is 5.92 Å². The average molecular weight is 269 g/mol. The standard InChI is InChI=1S/C16H13ClN2/c17-13-6-3-7-14-15(13)19-16(18-14)12-8-10-4-1-2-5-11(10)9-12/h1-7,12H,8-9H2,(H,18,19). The lowest BCUT2D eigenvalue weighted by molar-refractivity contribution is 0.697. The zero-order chi connectivity index (χ0) is 12.8. The maximum Gasteiger partial charge on any atom is 0.111 e. The minimum atomic E-state index is 0.445. The summed E-state index contributed by atoms with van der Waals surface area (Å²) in [6.07, 6.45) is 2.13. The van der Waals surface area contributed by atoms with Crippen molar-refractivity contribution in [1.29, 1.82) is 0 Å². The minimum absolute atomic E-state index is 0.445. The fourth-order valence-corrected chi connectivity index (χ4v) is 3.18. The van der Waals surface area contributed by atoms with Crippen molar-refractivity contribution in [2.75, 3.05) is 0 Å². The molecule has 0 bridgehead atoms. The second-order valence-corrected chi connectivity index (χ2v) is 5.54. The van der Waals surface area contributed by atoms with E-state index in [-0.39, 0.29) is 0 Å². The maximum atomic E-state index is 6.18. The van der Waals surface area contributed by atoms with Gasteiger partial charge in [-0.15, -0.1) is 0 Å². The highest BCUT2D eigenvalue weighted by molar-refractivity contribution is 6.34. The summed E-state index contributed by atoms with van der Waals surface area (Å²) < 4.78 is 0. The third-order valence-electron chi connectivity index (χ3n) is 3.92. The molecule has 94 valence electrons. The molecule has 0 amide bonds. The van der Waals surface area contributed by atoms with Crippen LogP contribution in [0.3, 0.4) is 0 Å². The number of halogens is 1. The Bertz CT molecular complexity index is 735. The van der Waals surface area contributed by atoms with E-state index in [1.165, 1.54) is 11.1 Å². The van der Waals surface area contributed by atoms with E-state index in [1.54, 1.807) is 0 Å². The molecule has 4 rings (SSSR count). The Kier molecular flexibility index (Phi) is 2.39. The van der Waals surface area contributed by atoms with Gasteiger partial charge in [0.2, 0.25) is 0 Å². The van der Waals surface area contributed by atoms with Gasteiger partial charge in [0.1, 0.15) is 11.3 Å². The molecule has 0 saturated heterocycles. The number of nitrogens with zero attached hydrogens (tertiary/aromatic N) is 1. The van der Waals surface area contributed by atoms with Crippen LogP contribution in [0.15, 0.2) is 42.5 Å². The highest BCUT2D eigenvalue weighted by Crippen LogP contribution is 2.34. The molecule has 1 aliphatic carbocycles. The van der Waals surface area contributed by atoms with Gasteiger partial charge in [-0.25, -0.2) is 4.98 Å². The van der Waals surface area contributed by atoms with Gasteiger partial charge in [0.15, 0.2) is 0 Å². The van der Waals surface area contributed by atoms with Gasteiger partial charge in [-0.3, -0.25) is 0 Å². The molecule has 2 aromatic carbocycles. The molecule has 0 spiro atoms. The second kappa shape index (κ2) is 4.10. The molecule has 19 heavy (non-hydrogen) atoms. The van der Waals surface area contributed by atoms with E-state index in [2.05, 4.69) is 34.2 Å². The summed E-state index contributed by atoms with van der Waals surface area (Å²) in [4.78, 5) is 8.11. The van der Waals surface area contributed by atoms with Crippen LogP contribution in [-0.4, -0.2) is 9.97 Å². The molecule has 0 radical (unpaired) electrons. The summed E-state index contributed by atoms with van der Waals surface area (Å²) in [5.41, 5.74) is 4.80. The number of rotatable bonds is 1. The first kappa shape index (κ1) is 11.1. The Balaban J connectivity index is 1.75. The predicted octanol–water partition coefficient (Wildman–Crippen LogP) is 4.10. The van der Waals surface area contributed by atoms with Crippen molar-refractivity contribution in [3.63, 3.8) is 0 Å². The van der Waals surface area contributed by atoms with Crippen LogP contribution in [-0.2, 0) is 12.8 Å². The van der Waals surface area contributed by atoms with Crippen LogP contribution >= 0.6 is 11.6 Å². The molecule has 1 aromatic heterocycles. The highest BCUT2D eigenvalue weighted by atomic mass is 35.5. The molecule has 1 heterocycles. The van der Waals surface area contributed by atoms with Gasteiger partial charge < -0.3 is 4.98 Å². The first-order chi connectivity index (χ1) is 9.31. The SMILES string of the molecule is Clc1cccc2[nH]c(C3Cc4ccccc4C3)nc12. The van der Waals surface area contributed by atoms with Gasteiger partial charge in [0.25, 0.3) is 0 Å². The Morgan fingerprint density at radius 3 is 2.42 bits per heavy atom. The van der Waals surface area contributed by atoms with Gasteiger partial charge in [0.05, 0.1) is 10.5 Å². The molecule has 0 fully saturated rings. The summed E-state index contributed by atoms with van der Waals surface area (Å²) in [5, 5.41) is 0.718. The van der Waals surface area contributed by atoms with Crippen molar-refractivity contribution in [3.8, 4) is 0 Å². The number of hydrogen-bond acceptors (Lipinski definition) is 1. The smallest absolute Gasteiger partial charge is 0.111 e. The van der Waals surface area contributed by atoms with Crippen LogP contribution < -0.4 is 0 Å². The zero-order valence-electron chi connectivity index (χ0n) is 10.4. The number of aromatic nitrogens is 2. The molecule has 1 N–H and O–H groups in total. The predicted molar refractivity (Wildman–Crippen MR) is 77.7 cm³/mol. The lowest BCUT2D eigenvalue weighted by Crippen LogP contribution is -2.00. The first-order valence-electron chi connectivity index (χ1n) is 6.52. The van der Waals surface area contributed by atoms with E-state index in [4.69, 9.17) is 11.6 Å². The van der Waals surface area contributed by atoms with Gasteiger partial charge in [-0.1, -0.05) is 41.9 Å². The number of aromatic amines is 1. The molecule has 0 atom stereocenters. The van der Waals surface area contributed by atoms with E-state index in [9.17, 15) is 0 Å². The average Bonchev–Trinajstić information content (AvgIpc) is 3.02. The van der Waals surface area contributed by atoms with Crippen LogP contribution in [0.2, 0.25) is 5.02 Å². The van der Waals surface area contributed by atoms with Crippen molar-refractivity contribution in [3.05, 3.63) is 64.4 Å². The molecule has 0 unspecified atom stereocenters. The summed E-state index contributed by atoms with van der Waals surface area (Å²) in [7, 11) is 0. The van der Waals surface area contributed by atoms with Crippen LogP contribution in [0.25, 0.3) is 11.0 Å². The first-order valence-corrected chi connectivity index (χ1v) is 6.90. The van der Waals surface area contributed by atoms with Crippen molar-refractivity contribution in [1.82, 2.24) is 9.97 Å². The highest BCUT2D eigenvalue weighted by Gasteiger charge is 2.25. The Morgan fingerprint density at radius 1 is 1.00 bits per heavy atom. The lowest BCUT2D eigenvalue weighted by Gasteiger charge is -2.03. The Labute approximate surface area is 116 Å². The molecular weight excluding hydrogens is 256 g/mol. The molecule has 3 heteroatoms. The fraction of sp³-hybridized carbons (Fsp3) is 0.188. The summed E-state index contributed by atoms with van der Waals surface area (Å²) in [6, 6.07) is 14.5. The number of benzene rings is 2. The molecule has 0 saturated carbocycles. The number of H-pyrrole nitrogens is 1. The molecule has 2 nitrogen and oxygen atoms in total. The molecule has 3 aromatic rings. The number of para-hydroxylation sites is 1. The molecule has 0 aliphatic heterocycles. The van der Waals surface area contributed by atoms with Crippen molar-refractivity contribution in [2.45, 2.75) is 18.8 Å². The molecule has 1 aliphatic rings. The number of hydrogen-bond donors (Lipinski definition) is 1. The van der Waals surface area contributed by atoms with E-state index < -0.39 is 0 Å². The lowest BCUT2D eigenvalue weighted by atomic mass is 10.1. The van der Waals surface area contributed by atoms with Crippen LogP contribution in [0.5, 0.6) is 0 Å². The Hall–Kier alpha value is -1.80. The van der Waals surface area contributed by atoms with Crippen LogP contribution in [0.4, 0.5) is 0 Å². The van der Waals surface area contributed by atoms with E-state index in [0.29, 0.717) is 5.92 Å². The van der Waals surface area contributed by atoms with Gasteiger partial charge in [-0.05, 0) is 36.1 Å². The van der Waals surface area contributed by atoms with Crippen LogP contribution in [0, 0.1) is 0 Å². The fourth-order valence-electron chi connectivity index (χ4n) is 2.96. The maximum absolute atomic E-state index is 6.18. The van der Waals surface area contributed by atoms with Crippen LogP contribution in [0.1, 0.15) is 22.9 Å². The topological polar surface area (TPSA) is 28.7 Å². The van der Waals surface area contributed by atoms with Gasteiger partial charge in [-0.2, -0.15) is 0 Å². The second-order valence-electron chi connectivity index (χ2n) is 5.13. The Morgan fingerprint density at radius 2 is 1.74 bits per heavy atom. The van der Waals surface area contributed by atoms with E-state index in [0.717, 1.165) is 34.7 Å². The monoisotopic (exact) mass is 268 g/mol. The van der Waals surface area contributed by atoms with E-state index >= 15 is 0 Å². The third kappa shape index (κ3) is 1.75. The minimum Gasteiger partial charge on any atom is -0.342 e. The van der Waals surface area contributed by atoms with Gasteiger partial charge >= 0.3 is 0 Å². The van der Waals surface area contributed by atoms with E-state index in [1.807, 2.05) is 18.2 Å². The molecular formula is C16H13ClN2. The zero-order valence-corrected chi connectivity index (χ0v) is 11.1.